The molecule has 2 aliphatic rings. The van der Waals surface area contributed by atoms with Gasteiger partial charge in [-0.2, -0.15) is 0 Å². The van der Waals surface area contributed by atoms with Crippen LogP contribution >= 0.6 is 0 Å². The first kappa shape index (κ1) is 18.3. The van der Waals surface area contributed by atoms with E-state index in [9.17, 15) is 14.7 Å². The van der Waals surface area contributed by atoms with Crippen molar-refractivity contribution in [3.63, 3.8) is 0 Å². The summed E-state index contributed by atoms with van der Waals surface area (Å²) in [5, 5.41) is 12.5. The van der Waals surface area contributed by atoms with Gasteiger partial charge in [-0.15, -0.1) is 0 Å². The summed E-state index contributed by atoms with van der Waals surface area (Å²) in [6.07, 6.45) is 3.47. The van der Waals surface area contributed by atoms with Gasteiger partial charge in [0.25, 0.3) is 0 Å². The molecule has 0 bridgehead atoms. The number of amides is 2. The van der Waals surface area contributed by atoms with E-state index in [1.165, 1.54) is 4.90 Å². The van der Waals surface area contributed by atoms with E-state index in [0.717, 1.165) is 31.2 Å². The maximum absolute atomic E-state index is 12.5. The van der Waals surface area contributed by atoms with Crippen molar-refractivity contribution in [1.29, 1.82) is 0 Å². The summed E-state index contributed by atoms with van der Waals surface area (Å²) in [5.74, 6) is 0.284. The smallest absolute Gasteiger partial charge is 1.00 e. The summed E-state index contributed by atoms with van der Waals surface area (Å²) in [7, 11) is 0. The normalized spacial score (nSPS) is 24.1. The molecule has 2 fully saturated rings. The fourth-order valence-electron chi connectivity index (χ4n) is 3.14. The van der Waals surface area contributed by atoms with Gasteiger partial charge in [0, 0.05) is 6.54 Å². The minimum Gasteiger partial charge on any atom is -1.00 e. The minimum absolute atomic E-state index is 0. The first-order valence-corrected chi connectivity index (χ1v) is 8.00. The Labute approximate surface area is 160 Å². The molecule has 0 aromatic heterocycles. The number of hydrogen-bond acceptors (Lipinski definition) is 2. The number of hydrogen-bond donors (Lipinski definition) is 2. The van der Waals surface area contributed by atoms with E-state index in [1.807, 2.05) is 30.3 Å². The predicted molar refractivity (Wildman–Crippen MR) is 83.5 cm³/mol. The third-order valence-corrected chi connectivity index (χ3v) is 4.57. The van der Waals surface area contributed by atoms with Gasteiger partial charge < -0.3 is 11.8 Å². The van der Waals surface area contributed by atoms with Crippen molar-refractivity contribution in [3.8, 4) is 0 Å². The van der Waals surface area contributed by atoms with Crippen molar-refractivity contribution in [1.82, 2.24) is 10.2 Å². The van der Waals surface area contributed by atoms with Crippen LogP contribution < -0.4 is 34.9 Å². The van der Waals surface area contributed by atoms with Gasteiger partial charge in [-0.05, 0) is 43.6 Å². The third kappa shape index (κ3) is 4.72. The van der Waals surface area contributed by atoms with Gasteiger partial charge in [0.2, 0.25) is 5.91 Å². The molecule has 1 aromatic carbocycles. The Bertz CT molecular complexity index is 554. The van der Waals surface area contributed by atoms with Crippen LogP contribution in [0.2, 0.25) is 0 Å². The van der Waals surface area contributed by atoms with Crippen molar-refractivity contribution in [2.75, 3.05) is 6.54 Å². The summed E-state index contributed by atoms with van der Waals surface area (Å²) in [5.41, 5.74) is 1.08. The number of rotatable bonds is 4. The van der Waals surface area contributed by atoms with Gasteiger partial charge in [0.05, 0.1) is 6.04 Å². The van der Waals surface area contributed by atoms with Gasteiger partial charge >= 0.3 is 35.7 Å². The second-order valence-electron chi connectivity index (χ2n) is 6.30. The van der Waals surface area contributed by atoms with E-state index in [1.54, 1.807) is 0 Å². The molecule has 1 heterocycles. The Morgan fingerprint density at radius 3 is 2.52 bits per heavy atom. The molecule has 2 N–H and O–H groups in total. The largest absolute Gasteiger partial charge is 1.00 e. The van der Waals surface area contributed by atoms with Crippen LogP contribution in [0.4, 0.5) is 4.79 Å². The number of carboxylic acid groups (broad SMARTS) is 1. The Morgan fingerprint density at radius 2 is 1.91 bits per heavy atom. The zero-order valence-corrected chi connectivity index (χ0v) is 15.6. The molecule has 5 nitrogen and oxygen atoms in total. The summed E-state index contributed by atoms with van der Waals surface area (Å²) < 4.78 is 0. The Morgan fingerprint density at radius 1 is 1.22 bits per heavy atom. The fourth-order valence-corrected chi connectivity index (χ4v) is 3.14. The van der Waals surface area contributed by atoms with E-state index in [2.05, 4.69) is 5.32 Å². The third-order valence-electron chi connectivity index (χ3n) is 4.57. The SMILES string of the molecule is O=C1NC(c2ccccc2)CCCC1N(CC1CC1)C(=O)O.[H-].[Na+]. The molecule has 23 heavy (non-hydrogen) atoms. The van der Waals surface area contributed by atoms with Crippen LogP contribution in [-0.4, -0.2) is 34.6 Å². The van der Waals surface area contributed by atoms with Crippen LogP contribution in [0.25, 0.3) is 0 Å². The zero-order valence-electron chi connectivity index (χ0n) is 14.6. The number of carbonyl (C=O) groups excluding carboxylic acids is 1. The van der Waals surface area contributed by atoms with Crippen molar-refractivity contribution in [2.24, 2.45) is 5.92 Å². The molecular formula is C17H23N2NaO3. The Kier molecular flexibility index (Phi) is 6.50. The Balaban J connectivity index is 0.00000144. The molecule has 1 aliphatic heterocycles. The molecule has 2 atom stereocenters. The maximum Gasteiger partial charge on any atom is 1.00 e. The molecule has 6 heteroatoms. The number of carbonyl (C=O) groups is 2. The van der Waals surface area contributed by atoms with E-state index in [4.69, 9.17) is 0 Å². The summed E-state index contributed by atoms with van der Waals surface area (Å²) >= 11 is 0. The van der Waals surface area contributed by atoms with Gasteiger partial charge in [0.15, 0.2) is 0 Å². The molecule has 0 spiro atoms. The van der Waals surface area contributed by atoms with Crippen molar-refractivity contribution >= 4 is 12.0 Å². The number of nitrogens with one attached hydrogen (secondary N) is 1. The van der Waals surface area contributed by atoms with Crippen LogP contribution in [0.5, 0.6) is 0 Å². The molecule has 2 amide bonds. The average Bonchev–Trinajstić information content (AvgIpc) is 3.33. The Hall–Kier alpha value is -1.04. The van der Waals surface area contributed by atoms with E-state index in [-0.39, 0.29) is 42.9 Å². The van der Waals surface area contributed by atoms with E-state index >= 15 is 0 Å². The number of nitrogens with zero attached hydrogens (tertiary/aromatic N) is 1. The standard InChI is InChI=1S/C17H22N2O3.Na.H/c20-16-15(19(17(21)22)11-12-9-10-12)8-4-7-14(18-16)13-5-2-1-3-6-13;;/h1-3,5-6,12,14-15H,4,7-11H2,(H,18,20)(H,21,22);;/q;+1;-1. The van der Waals surface area contributed by atoms with Gasteiger partial charge in [0.1, 0.15) is 6.04 Å². The molecule has 2 unspecified atom stereocenters. The van der Waals surface area contributed by atoms with Crippen LogP contribution in [-0.2, 0) is 4.79 Å². The first-order valence-electron chi connectivity index (χ1n) is 8.00. The van der Waals surface area contributed by atoms with Crippen LogP contribution in [0.3, 0.4) is 0 Å². The van der Waals surface area contributed by atoms with Crippen molar-refractivity contribution in [2.45, 2.75) is 44.2 Å². The van der Waals surface area contributed by atoms with E-state index < -0.39 is 12.1 Å². The molecule has 3 rings (SSSR count). The fraction of sp³-hybridized carbons (Fsp3) is 0.529. The summed E-state index contributed by atoms with van der Waals surface area (Å²) in [4.78, 5) is 25.4. The molecule has 120 valence electrons. The molecule has 0 radical (unpaired) electrons. The van der Waals surface area contributed by atoms with E-state index in [0.29, 0.717) is 18.9 Å². The molecule has 1 saturated carbocycles. The first-order chi connectivity index (χ1) is 10.6. The predicted octanol–water partition coefficient (Wildman–Crippen LogP) is -0.0971. The monoisotopic (exact) mass is 326 g/mol. The van der Waals surface area contributed by atoms with Crippen molar-refractivity contribution < 1.29 is 45.7 Å². The number of benzene rings is 1. The second-order valence-corrected chi connectivity index (χ2v) is 6.30. The molecule has 1 aromatic rings. The van der Waals surface area contributed by atoms with Gasteiger partial charge in [-0.25, -0.2) is 4.79 Å². The van der Waals surface area contributed by atoms with Crippen LogP contribution in [0.1, 0.15) is 45.1 Å². The van der Waals surface area contributed by atoms with Gasteiger partial charge in [-0.3, -0.25) is 9.69 Å². The second kappa shape index (κ2) is 8.18. The van der Waals surface area contributed by atoms with Crippen molar-refractivity contribution in [3.05, 3.63) is 35.9 Å². The maximum atomic E-state index is 12.5. The molecular weight excluding hydrogens is 303 g/mol. The molecule has 1 saturated heterocycles. The topological polar surface area (TPSA) is 69.6 Å². The summed E-state index contributed by atoms with van der Waals surface area (Å²) in [6.45, 7) is 0.490. The van der Waals surface area contributed by atoms with Crippen LogP contribution in [0.15, 0.2) is 30.3 Å². The quantitative estimate of drug-likeness (QED) is 0.760. The summed E-state index contributed by atoms with van der Waals surface area (Å²) in [6, 6.07) is 9.31. The van der Waals surface area contributed by atoms with Gasteiger partial charge in [-0.1, -0.05) is 30.3 Å². The average molecular weight is 326 g/mol. The molecule has 1 aliphatic carbocycles. The minimum atomic E-state index is -0.981. The van der Waals surface area contributed by atoms with Crippen LogP contribution in [0, 0.1) is 5.92 Å². The zero-order chi connectivity index (χ0) is 15.5.